The summed E-state index contributed by atoms with van der Waals surface area (Å²) in [5.41, 5.74) is 3.45. The van der Waals surface area contributed by atoms with Crippen molar-refractivity contribution in [3.8, 4) is 0 Å². The summed E-state index contributed by atoms with van der Waals surface area (Å²) in [6.45, 7) is 4.28. The fraction of sp³-hybridized carbons (Fsp3) is 0.200. The number of hydrogen-bond donors (Lipinski definition) is 2. The van der Waals surface area contributed by atoms with E-state index in [0.717, 1.165) is 17.7 Å². The van der Waals surface area contributed by atoms with Gasteiger partial charge in [-0.2, -0.15) is 0 Å². The van der Waals surface area contributed by atoms with E-state index >= 15 is 0 Å². The number of benzene rings is 1. The molecule has 1 amide bonds. The van der Waals surface area contributed by atoms with E-state index in [1.165, 1.54) is 5.56 Å². The fourth-order valence-corrected chi connectivity index (χ4v) is 2.50. The summed E-state index contributed by atoms with van der Waals surface area (Å²) in [6.07, 6.45) is 4.41. The number of pyridine rings is 1. The molecule has 0 saturated carbocycles. The van der Waals surface area contributed by atoms with Gasteiger partial charge in [-0.25, -0.2) is 9.97 Å². The number of nitrogens with one attached hydrogen (secondary N) is 2. The number of carbonyl (C=O) groups is 1. The van der Waals surface area contributed by atoms with Crippen LogP contribution in [0.1, 0.15) is 34.4 Å². The Balaban J connectivity index is 1.70. The molecule has 1 aromatic carbocycles. The molecule has 0 atom stereocenters. The predicted molar refractivity (Wildman–Crippen MR) is 101 cm³/mol. The lowest BCUT2D eigenvalue weighted by atomic mass is 10.1. The Hall–Kier alpha value is -3.28. The normalized spacial score (nSPS) is 10.4. The average molecular weight is 347 g/mol. The first-order valence-electron chi connectivity index (χ1n) is 8.53. The van der Waals surface area contributed by atoms with Crippen molar-refractivity contribution in [2.45, 2.75) is 26.8 Å². The van der Waals surface area contributed by atoms with Gasteiger partial charge < -0.3 is 10.6 Å². The highest BCUT2D eigenvalue weighted by Gasteiger charge is 2.10. The monoisotopic (exact) mass is 347 g/mol. The Morgan fingerprint density at radius 2 is 1.88 bits per heavy atom. The SMILES string of the molecule is CCc1ccc(Nc2cc(C(=O)NCc3cccnc3)nc(C)n2)cc1. The summed E-state index contributed by atoms with van der Waals surface area (Å²) >= 11 is 0. The molecule has 0 unspecified atom stereocenters. The van der Waals surface area contributed by atoms with Gasteiger partial charge >= 0.3 is 0 Å². The summed E-state index contributed by atoms with van der Waals surface area (Å²) in [7, 11) is 0. The summed E-state index contributed by atoms with van der Waals surface area (Å²) in [5.74, 6) is 0.878. The third-order valence-electron chi connectivity index (χ3n) is 3.88. The van der Waals surface area contributed by atoms with E-state index in [2.05, 4.69) is 44.6 Å². The van der Waals surface area contributed by atoms with Crippen LogP contribution in [0.15, 0.2) is 54.9 Å². The summed E-state index contributed by atoms with van der Waals surface area (Å²) < 4.78 is 0. The van der Waals surface area contributed by atoms with Gasteiger partial charge in [-0.1, -0.05) is 25.1 Å². The molecule has 0 spiro atoms. The van der Waals surface area contributed by atoms with E-state index in [4.69, 9.17) is 0 Å². The number of hydrogen-bond acceptors (Lipinski definition) is 5. The number of aryl methyl sites for hydroxylation is 2. The molecule has 0 aliphatic heterocycles. The average Bonchev–Trinajstić information content (AvgIpc) is 2.67. The maximum Gasteiger partial charge on any atom is 0.270 e. The summed E-state index contributed by atoms with van der Waals surface area (Å²) in [4.78, 5) is 25.0. The zero-order chi connectivity index (χ0) is 18.4. The molecule has 0 aliphatic rings. The number of rotatable bonds is 6. The van der Waals surface area contributed by atoms with Crippen LogP contribution in [0, 0.1) is 6.92 Å². The van der Waals surface area contributed by atoms with Crippen molar-refractivity contribution in [3.63, 3.8) is 0 Å². The highest BCUT2D eigenvalue weighted by Crippen LogP contribution is 2.16. The minimum absolute atomic E-state index is 0.247. The molecule has 26 heavy (non-hydrogen) atoms. The molecule has 0 bridgehead atoms. The molecular weight excluding hydrogens is 326 g/mol. The first-order valence-corrected chi connectivity index (χ1v) is 8.53. The van der Waals surface area contributed by atoms with Gasteiger partial charge in [0.25, 0.3) is 5.91 Å². The minimum Gasteiger partial charge on any atom is -0.347 e. The summed E-state index contributed by atoms with van der Waals surface area (Å²) in [5, 5.41) is 6.08. The van der Waals surface area contributed by atoms with E-state index in [-0.39, 0.29) is 5.91 Å². The van der Waals surface area contributed by atoms with Crippen LogP contribution in [-0.4, -0.2) is 20.9 Å². The highest BCUT2D eigenvalue weighted by molar-refractivity contribution is 5.93. The van der Waals surface area contributed by atoms with Crippen molar-refractivity contribution < 1.29 is 4.79 Å². The Morgan fingerprint density at radius 3 is 2.58 bits per heavy atom. The van der Waals surface area contributed by atoms with E-state index < -0.39 is 0 Å². The predicted octanol–water partition coefficient (Wildman–Crippen LogP) is 3.42. The van der Waals surface area contributed by atoms with Gasteiger partial charge in [0.15, 0.2) is 0 Å². The fourth-order valence-electron chi connectivity index (χ4n) is 2.50. The number of nitrogens with zero attached hydrogens (tertiary/aromatic N) is 3. The van der Waals surface area contributed by atoms with Gasteiger partial charge in [-0.15, -0.1) is 0 Å². The lowest BCUT2D eigenvalue weighted by molar-refractivity contribution is 0.0945. The van der Waals surface area contributed by atoms with Crippen LogP contribution in [0.5, 0.6) is 0 Å². The third-order valence-corrected chi connectivity index (χ3v) is 3.88. The molecule has 2 aromatic heterocycles. The molecule has 3 aromatic rings. The Labute approximate surface area is 152 Å². The third kappa shape index (κ3) is 4.63. The van der Waals surface area contributed by atoms with Crippen molar-refractivity contribution in [2.75, 3.05) is 5.32 Å². The first kappa shape index (κ1) is 17.5. The molecule has 0 fully saturated rings. The van der Waals surface area contributed by atoms with Gasteiger partial charge in [0.05, 0.1) is 0 Å². The molecule has 132 valence electrons. The number of carbonyl (C=O) groups excluding carboxylic acids is 1. The molecule has 2 N–H and O–H groups in total. The van der Waals surface area contributed by atoms with Crippen molar-refractivity contribution in [1.82, 2.24) is 20.3 Å². The van der Waals surface area contributed by atoms with Gasteiger partial charge in [-0.05, 0) is 42.7 Å². The lowest BCUT2D eigenvalue weighted by Crippen LogP contribution is -2.24. The second-order valence-electron chi connectivity index (χ2n) is 5.91. The topological polar surface area (TPSA) is 79.8 Å². The van der Waals surface area contributed by atoms with E-state index in [0.29, 0.717) is 23.9 Å². The zero-order valence-corrected chi connectivity index (χ0v) is 14.9. The van der Waals surface area contributed by atoms with Crippen LogP contribution in [-0.2, 0) is 13.0 Å². The van der Waals surface area contributed by atoms with Crippen LogP contribution >= 0.6 is 0 Å². The van der Waals surface area contributed by atoms with Crippen molar-refractivity contribution in [2.24, 2.45) is 0 Å². The molecule has 6 heteroatoms. The molecule has 2 heterocycles. The second-order valence-corrected chi connectivity index (χ2v) is 5.91. The second kappa shape index (κ2) is 8.20. The van der Waals surface area contributed by atoms with E-state index in [1.54, 1.807) is 25.4 Å². The molecule has 0 saturated heterocycles. The molecular formula is C20H21N5O. The van der Waals surface area contributed by atoms with Crippen molar-refractivity contribution in [1.29, 1.82) is 0 Å². The number of aromatic nitrogens is 3. The molecule has 0 aliphatic carbocycles. The van der Waals surface area contributed by atoms with Crippen molar-refractivity contribution >= 4 is 17.4 Å². The van der Waals surface area contributed by atoms with Crippen LogP contribution in [0.25, 0.3) is 0 Å². The lowest BCUT2D eigenvalue weighted by Gasteiger charge is -2.10. The van der Waals surface area contributed by atoms with Crippen LogP contribution < -0.4 is 10.6 Å². The van der Waals surface area contributed by atoms with Gasteiger partial charge in [0.2, 0.25) is 0 Å². The van der Waals surface area contributed by atoms with Gasteiger partial charge in [-0.3, -0.25) is 9.78 Å². The number of anilines is 2. The molecule has 6 nitrogen and oxygen atoms in total. The Kier molecular flexibility index (Phi) is 5.53. The first-order chi connectivity index (χ1) is 12.6. The van der Waals surface area contributed by atoms with Gasteiger partial charge in [0, 0.05) is 30.7 Å². The van der Waals surface area contributed by atoms with Crippen LogP contribution in [0.4, 0.5) is 11.5 Å². The van der Waals surface area contributed by atoms with Gasteiger partial charge in [0.1, 0.15) is 17.3 Å². The largest absolute Gasteiger partial charge is 0.347 e. The maximum absolute atomic E-state index is 12.4. The van der Waals surface area contributed by atoms with E-state index in [9.17, 15) is 4.79 Å². The quantitative estimate of drug-likeness (QED) is 0.714. The van der Waals surface area contributed by atoms with Crippen LogP contribution in [0.3, 0.4) is 0 Å². The van der Waals surface area contributed by atoms with Crippen molar-refractivity contribution in [3.05, 3.63) is 77.5 Å². The maximum atomic E-state index is 12.4. The highest BCUT2D eigenvalue weighted by atomic mass is 16.1. The summed E-state index contributed by atoms with van der Waals surface area (Å²) in [6, 6.07) is 13.5. The minimum atomic E-state index is -0.247. The van der Waals surface area contributed by atoms with Crippen LogP contribution in [0.2, 0.25) is 0 Å². The Bertz CT molecular complexity index is 878. The zero-order valence-electron chi connectivity index (χ0n) is 14.9. The Morgan fingerprint density at radius 1 is 1.08 bits per heavy atom. The molecule has 0 radical (unpaired) electrons. The molecule has 3 rings (SSSR count). The smallest absolute Gasteiger partial charge is 0.270 e. The van der Waals surface area contributed by atoms with E-state index in [1.807, 2.05) is 24.3 Å². The number of amides is 1. The standard InChI is InChI=1S/C20H21N5O/c1-3-15-6-8-17(9-7-15)25-19-11-18(23-14(2)24-19)20(26)22-13-16-5-4-10-21-12-16/h4-12H,3,13H2,1-2H3,(H,22,26)(H,23,24,25).